The standard InChI is InChI=1S/C13H12FN3O2/c1-7-5-10(7)16-13-9(14)6-11(17(18)19)8-3-2-4-15-12(8)13/h2-4,6-7,10,16H,5H2,1H3. The molecule has 0 radical (unpaired) electrons. The smallest absolute Gasteiger partial charge is 0.281 e. The molecule has 1 fully saturated rings. The van der Waals surface area contributed by atoms with E-state index >= 15 is 0 Å². The molecular formula is C13H12FN3O2. The summed E-state index contributed by atoms with van der Waals surface area (Å²) < 4.78 is 14.0. The Morgan fingerprint density at radius 1 is 1.58 bits per heavy atom. The minimum absolute atomic E-state index is 0.223. The number of rotatable bonds is 3. The van der Waals surface area contributed by atoms with Gasteiger partial charge >= 0.3 is 0 Å². The van der Waals surface area contributed by atoms with E-state index in [1.165, 1.54) is 6.20 Å². The van der Waals surface area contributed by atoms with E-state index in [1.54, 1.807) is 12.1 Å². The molecule has 1 saturated carbocycles. The third kappa shape index (κ3) is 1.99. The van der Waals surface area contributed by atoms with Crippen molar-refractivity contribution in [3.05, 3.63) is 40.3 Å². The van der Waals surface area contributed by atoms with Crippen LogP contribution in [-0.4, -0.2) is 15.9 Å². The maximum absolute atomic E-state index is 14.0. The van der Waals surface area contributed by atoms with Gasteiger partial charge in [0.25, 0.3) is 5.69 Å². The molecule has 2 atom stereocenters. The fourth-order valence-electron chi connectivity index (χ4n) is 2.19. The zero-order chi connectivity index (χ0) is 13.6. The first-order valence-electron chi connectivity index (χ1n) is 6.06. The van der Waals surface area contributed by atoms with E-state index in [0.717, 1.165) is 12.5 Å². The van der Waals surface area contributed by atoms with Crippen molar-refractivity contribution < 1.29 is 9.31 Å². The van der Waals surface area contributed by atoms with Crippen LogP contribution in [0.4, 0.5) is 15.8 Å². The van der Waals surface area contributed by atoms with Crippen molar-refractivity contribution in [1.29, 1.82) is 0 Å². The Labute approximate surface area is 108 Å². The molecule has 6 heteroatoms. The van der Waals surface area contributed by atoms with Gasteiger partial charge in [-0.25, -0.2) is 4.39 Å². The molecular weight excluding hydrogens is 249 g/mol. The molecule has 0 bridgehead atoms. The normalized spacial score (nSPS) is 21.4. The van der Waals surface area contributed by atoms with Gasteiger partial charge in [0.1, 0.15) is 5.52 Å². The lowest BCUT2D eigenvalue weighted by atomic mass is 10.1. The van der Waals surface area contributed by atoms with Crippen molar-refractivity contribution in [2.24, 2.45) is 5.92 Å². The van der Waals surface area contributed by atoms with E-state index in [0.29, 0.717) is 16.8 Å². The van der Waals surface area contributed by atoms with Crippen molar-refractivity contribution in [2.45, 2.75) is 19.4 Å². The molecule has 1 aliphatic carbocycles. The van der Waals surface area contributed by atoms with Crippen molar-refractivity contribution in [1.82, 2.24) is 4.98 Å². The highest BCUT2D eigenvalue weighted by Gasteiger charge is 2.34. The number of non-ortho nitro benzene ring substituents is 1. The Hall–Kier alpha value is -2.24. The van der Waals surface area contributed by atoms with Gasteiger partial charge in [-0.15, -0.1) is 0 Å². The quantitative estimate of drug-likeness (QED) is 0.681. The Kier molecular flexibility index (Phi) is 2.58. The first-order valence-corrected chi connectivity index (χ1v) is 6.06. The van der Waals surface area contributed by atoms with E-state index in [-0.39, 0.29) is 17.4 Å². The molecule has 1 aromatic carbocycles. The second kappa shape index (κ2) is 4.15. The number of pyridine rings is 1. The number of nitro groups is 1. The van der Waals surface area contributed by atoms with Crippen LogP contribution in [0.2, 0.25) is 0 Å². The van der Waals surface area contributed by atoms with Gasteiger partial charge in [0, 0.05) is 12.2 Å². The number of nitrogens with one attached hydrogen (secondary N) is 1. The van der Waals surface area contributed by atoms with Crippen LogP contribution in [0.3, 0.4) is 0 Å². The molecule has 2 aromatic rings. The Morgan fingerprint density at radius 3 is 2.95 bits per heavy atom. The maximum atomic E-state index is 14.0. The molecule has 5 nitrogen and oxygen atoms in total. The largest absolute Gasteiger partial charge is 0.378 e. The third-order valence-electron chi connectivity index (χ3n) is 3.46. The van der Waals surface area contributed by atoms with E-state index in [9.17, 15) is 14.5 Å². The highest BCUT2D eigenvalue weighted by Crippen LogP contribution is 2.38. The topological polar surface area (TPSA) is 68.1 Å². The number of hydrogen-bond donors (Lipinski definition) is 1. The van der Waals surface area contributed by atoms with Crippen LogP contribution in [0.1, 0.15) is 13.3 Å². The SMILES string of the molecule is CC1CC1Nc1c(F)cc([N+](=O)[O-])c2cccnc12. The predicted octanol–water partition coefficient (Wildman–Crippen LogP) is 3.10. The lowest BCUT2D eigenvalue weighted by Gasteiger charge is -2.10. The molecule has 1 aliphatic rings. The Morgan fingerprint density at radius 2 is 2.32 bits per heavy atom. The van der Waals surface area contributed by atoms with Gasteiger partial charge in [0.2, 0.25) is 0 Å². The molecule has 1 heterocycles. The van der Waals surface area contributed by atoms with Crippen LogP contribution in [0.25, 0.3) is 10.9 Å². The van der Waals surface area contributed by atoms with Crippen LogP contribution >= 0.6 is 0 Å². The van der Waals surface area contributed by atoms with Crippen LogP contribution in [-0.2, 0) is 0 Å². The Bertz CT molecular complexity index is 674. The average molecular weight is 261 g/mol. The minimum Gasteiger partial charge on any atom is -0.378 e. The zero-order valence-corrected chi connectivity index (χ0v) is 10.3. The Balaban J connectivity index is 2.19. The number of fused-ring (bicyclic) bond motifs is 1. The van der Waals surface area contributed by atoms with Gasteiger partial charge in [-0.05, 0) is 24.5 Å². The zero-order valence-electron chi connectivity index (χ0n) is 10.3. The summed E-state index contributed by atoms with van der Waals surface area (Å²) in [7, 11) is 0. The van der Waals surface area contributed by atoms with E-state index in [2.05, 4.69) is 17.2 Å². The molecule has 1 N–H and O–H groups in total. The number of nitro benzene ring substituents is 1. The van der Waals surface area contributed by atoms with Crippen LogP contribution < -0.4 is 5.32 Å². The van der Waals surface area contributed by atoms with Crippen LogP contribution in [0, 0.1) is 21.8 Å². The molecule has 0 saturated heterocycles. The third-order valence-corrected chi connectivity index (χ3v) is 3.46. The number of halogens is 1. The van der Waals surface area contributed by atoms with E-state index in [1.807, 2.05) is 0 Å². The second-order valence-electron chi connectivity index (χ2n) is 4.87. The molecule has 1 aromatic heterocycles. The molecule has 0 aliphatic heterocycles. The van der Waals surface area contributed by atoms with Crippen molar-refractivity contribution >= 4 is 22.3 Å². The highest BCUT2D eigenvalue weighted by atomic mass is 19.1. The van der Waals surface area contributed by atoms with Crippen LogP contribution in [0.5, 0.6) is 0 Å². The van der Waals surface area contributed by atoms with Gasteiger partial charge in [0.15, 0.2) is 5.82 Å². The van der Waals surface area contributed by atoms with E-state index in [4.69, 9.17) is 0 Å². The summed E-state index contributed by atoms with van der Waals surface area (Å²) in [5.41, 5.74) is 0.318. The summed E-state index contributed by atoms with van der Waals surface area (Å²) in [4.78, 5) is 14.5. The lowest BCUT2D eigenvalue weighted by molar-refractivity contribution is -0.383. The molecule has 0 amide bonds. The first-order chi connectivity index (χ1) is 9.08. The van der Waals surface area contributed by atoms with Crippen molar-refractivity contribution in [3.8, 4) is 0 Å². The van der Waals surface area contributed by atoms with Gasteiger partial charge in [0.05, 0.1) is 22.1 Å². The van der Waals surface area contributed by atoms with Gasteiger partial charge in [-0.3, -0.25) is 15.1 Å². The summed E-state index contributed by atoms with van der Waals surface area (Å²) in [6.07, 6.45) is 2.48. The highest BCUT2D eigenvalue weighted by molar-refractivity contribution is 5.97. The van der Waals surface area contributed by atoms with Gasteiger partial charge in [-0.2, -0.15) is 0 Å². The summed E-state index contributed by atoms with van der Waals surface area (Å²) in [5.74, 6) is -0.134. The van der Waals surface area contributed by atoms with Gasteiger partial charge in [-0.1, -0.05) is 6.92 Å². The summed E-state index contributed by atoms with van der Waals surface area (Å²) in [6.45, 7) is 2.07. The number of benzene rings is 1. The molecule has 2 unspecified atom stereocenters. The van der Waals surface area contributed by atoms with Crippen LogP contribution in [0.15, 0.2) is 24.4 Å². The van der Waals surface area contributed by atoms with Crippen molar-refractivity contribution in [2.75, 3.05) is 5.32 Å². The molecule has 0 spiro atoms. The fraction of sp³-hybridized carbons (Fsp3) is 0.308. The maximum Gasteiger partial charge on any atom is 0.281 e. The molecule has 98 valence electrons. The summed E-state index contributed by atoms with van der Waals surface area (Å²) in [5, 5.41) is 14.4. The first kappa shape index (κ1) is 11.8. The second-order valence-corrected chi connectivity index (χ2v) is 4.87. The molecule has 19 heavy (non-hydrogen) atoms. The molecule has 3 rings (SSSR count). The van der Waals surface area contributed by atoms with E-state index < -0.39 is 10.7 Å². The summed E-state index contributed by atoms with van der Waals surface area (Å²) >= 11 is 0. The van der Waals surface area contributed by atoms with Crippen molar-refractivity contribution in [3.63, 3.8) is 0 Å². The number of aromatic nitrogens is 1. The minimum atomic E-state index is -0.628. The lowest BCUT2D eigenvalue weighted by Crippen LogP contribution is -2.07. The fourth-order valence-corrected chi connectivity index (χ4v) is 2.19. The predicted molar refractivity (Wildman–Crippen MR) is 69.5 cm³/mol. The van der Waals surface area contributed by atoms with Gasteiger partial charge < -0.3 is 5.32 Å². The number of hydrogen-bond acceptors (Lipinski definition) is 4. The number of anilines is 1. The summed E-state index contributed by atoms with van der Waals surface area (Å²) in [6, 6.07) is 4.37. The monoisotopic (exact) mass is 261 g/mol. The number of nitrogens with zero attached hydrogens (tertiary/aromatic N) is 2. The average Bonchev–Trinajstić information content (AvgIpc) is 3.08.